The molecule has 1 aliphatic heterocycles. The minimum atomic E-state index is 0.333. The summed E-state index contributed by atoms with van der Waals surface area (Å²) in [6.07, 6.45) is 5.08. The Bertz CT molecular complexity index is 498. The molecule has 4 heteroatoms. The molecular weight excluding hydrogens is 274 g/mol. The Hall–Kier alpha value is -1.42. The molecule has 0 N–H and O–H groups in total. The summed E-state index contributed by atoms with van der Waals surface area (Å²) in [5, 5.41) is 0. The molecule has 4 nitrogen and oxygen atoms in total. The van der Waals surface area contributed by atoms with E-state index in [0.29, 0.717) is 24.3 Å². The number of carbonyl (C=O) groups excluding carboxylic acids is 1. The largest absolute Gasteiger partial charge is 0.338 e. The fourth-order valence-corrected chi connectivity index (χ4v) is 3.29. The van der Waals surface area contributed by atoms with Crippen LogP contribution in [0, 0.1) is 11.8 Å². The van der Waals surface area contributed by atoms with Gasteiger partial charge in [0.1, 0.15) is 0 Å². The molecule has 1 aromatic rings. The Morgan fingerprint density at radius 2 is 2.14 bits per heavy atom. The summed E-state index contributed by atoms with van der Waals surface area (Å²) in [6, 6.07) is 6.38. The summed E-state index contributed by atoms with van der Waals surface area (Å²) in [4.78, 5) is 21.6. The maximum absolute atomic E-state index is 12.6. The highest BCUT2D eigenvalue weighted by Crippen LogP contribution is 2.32. The molecule has 0 unspecified atom stereocenters. The lowest BCUT2D eigenvalue weighted by Crippen LogP contribution is -2.47. The quantitative estimate of drug-likeness (QED) is 0.838. The van der Waals surface area contributed by atoms with Crippen molar-refractivity contribution in [2.45, 2.75) is 45.7 Å². The van der Waals surface area contributed by atoms with Crippen molar-refractivity contribution in [3.05, 3.63) is 30.1 Å². The second-order valence-electron chi connectivity index (χ2n) is 7.11. The molecular formula is C18H27N3O. The predicted octanol–water partition coefficient (Wildman–Crippen LogP) is 2.55. The third-order valence-corrected chi connectivity index (χ3v) is 4.84. The van der Waals surface area contributed by atoms with Crippen LogP contribution in [0.2, 0.25) is 0 Å². The third-order valence-electron chi connectivity index (χ3n) is 4.84. The Balaban J connectivity index is 1.70. The van der Waals surface area contributed by atoms with Gasteiger partial charge in [0.2, 0.25) is 5.91 Å². The molecule has 1 saturated carbocycles. The normalized spacial score (nSPS) is 23.9. The summed E-state index contributed by atoms with van der Waals surface area (Å²) >= 11 is 0. The van der Waals surface area contributed by atoms with Gasteiger partial charge in [-0.15, -0.1) is 0 Å². The monoisotopic (exact) mass is 301 g/mol. The highest BCUT2D eigenvalue weighted by Gasteiger charge is 2.35. The fourth-order valence-electron chi connectivity index (χ4n) is 3.29. The molecule has 0 spiro atoms. The lowest BCUT2D eigenvalue weighted by molar-refractivity contribution is -0.133. The Morgan fingerprint density at radius 1 is 1.32 bits per heavy atom. The zero-order valence-corrected chi connectivity index (χ0v) is 13.7. The summed E-state index contributed by atoms with van der Waals surface area (Å²) in [6.45, 7) is 8.10. The first kappa shape index (κ1) is 15.5. The number of aromatic nitrogens is 1. The number of hydrogen-bond acceptors (Lipinski definition) is 3. The van der Waals surface area contributed by atoms with E-state index in [1.165, 1.54) is 12.8 Å². The predicted molar refractivity (Wildman–Crippen MR) is 87.2 cm³/mol. The molecule has 0 bridgehead atoms. The van der Waals surface area contributed by atoms with Crippen LogP contribution in [-0.2, 0) is 11.3 Å². The molecule has 1 aliphatic carbocycles. The van der Waals surface area contributed by atoms with Crippen molar-refractivity contribution in [3.8, 4) is 0 Å². The SMILES string of the molecule is CC(C)[C@H]1CN(Cc2ccccn2)CCC(=O)N1CC1CC1. The summed E-state index contributed by atoms with van der Waals surface area (Å²) < 4.78 is 0. The number of nitrogens with zero attached hydrogens (tertiary/aromatic N) is 3. The zero-order chi connectivity index (χ0) is 15.5. The first-order valence-electron chi connectivity index (χ1n) is 8.55. The molecule has 2 fully saturated rings. The van der Waals surface area contributed by atoms with Gasteiger partial charge in [-0.1, -0.05) is 19.9 Å². The second-order valence-corrected chi connectivity index (χ2v) is 7.11. The summed E-state index contributed by atoms with van der Waals surface area (Å²) in [7, 11) is 0. The average molecular weight is 301 g/mol. The van der Waals surface area contributed by atoms with E-state index in [-0.39, 0.29) is 0 Å². The maximum atomic E-state index is 12.6. The molecule has 0 radical (unpaired) electrons. The van der Waals surface area contributed by atoms with Crippen LogP contribution in [-0.4, -0.2) is 46.4 Å². The molecule has 2 heterocycles. The molecule has 3 rings (SSSR count). The zero-order valence-electron chi connectivity index (χ0n) is 13.7. The van der Waals surface area contributed by atoms with Crippen molar-refractivity contribution >= 4 is 5.91 Å². The van der Waals surface area contributed by atoms with Crippen LogP contribution in [0.3, 0.4) is 0 Å². The highest BCUT2D eigenvalue weighted by atomic mass is 16.2. The van der Waals surface area contributed by atoms with E-state index in [9.17, 15) is 4.79 Å². The smallest absolute Gasteiger partial charge is 0.224 e. The second kappa shape index (κ2) is 6.78. The Labute approximate surface area is 133 Å². The van der Waals surface area contributed by atoms with Crippen molar-refractivity contribution in [2.75, 3.05) is 19.6 Å². The van der Waals surface area contributed by atoms with E-state index in [4.69, 9.17) is 0 Å². The molecule has 120 valence electrons. The number of carbonyl (C=O) groups is 1. The first-order valence-corrected chi connectivity index (χ1v) is 8.55. The van der Waals surface area contributed by atoms with Crippen LogP contribution in [0.15, 0.2) is 24.4 Å². The molecule has 0 aromatic carbocycles. The Kier molecular flexibility index (Phi) is 4.77. The molecule has 1 atom stereocenters. The molecule has 22 heavy (non-hydrogen) atoms. The van der Waals surface area contributed by atoms with Crippen LogP contribution < -0.4 is 0 Å². The van der Waals surface area contributed by atoms with Gasteiger partial charge in [-0.25, -0.2) is 0 Å². The number of pyridine rings is 1. The number of amides is 1. The van der Waals surface area contributed by atoms with Gasteiger partial charge in [0.25, 0.3) is 0 Å². The standard InChI is InChI=1S/C18H27N3O/c1-14(2)17-13-20(12-16-5-3-4-9-19-16)10-8-18(22)21(17)11-15-6-7-15/h3-5,9,14-15,17H,6-8,10-13H2,1-2H3/t17-/m1/s1. The first-order chi connectivity index (χ1) is 10.6. The molecule has 1 amide bonds. The third kappa shape index (κ3) is 3.86. The van der Waals surface area contributed by atoms with Crippen molar-refractivity contribution in [2.24, 2.45) is 11.8 Å². The van der Waals surface area contributed by atoms with Crippen LogP contribution in [0.1, 0.15) is 38.8 Å². The van der Waals surface area contributed by atoms with Crippen LogP contribution >= 0.6 is 0 Å². The van der Waals surface area contributed by atoms with Gasteiger partial charge >= 0.3 is 0 Å². The highest BCUT2D eigenvalue weighted by molar-refractivity contribution is 5.77. The fraction of sp³-hybridized carbons (Fsp3) is 0.667. The van der Waals surface area contributed by atoms with Crippen molar-refractivity contribution in [1.29, 1.82) is 0 Å². The van der Waals surface area contributed by atoms with Crippen LogP contribution in [0.4, 0.5) is 0 Å². The molecule has 1 saturated heterocycles. The van der Waals surface area contributed by atoms with E-state index in [2.05, 4.69) is 34.7 Å². The van der Waals surface area contributed by atoms with Gasteiger partial charge in [0.05, 0.1) is 5.69 Å². The minimum Gasteiger partial charge on any atom is -0.338 e. The van der Waals surface area contributed by atoms with Gasteiger partial charge in [-0.2, -0.15) is 0 Å². The van der Waals surface area contributed by atoms with Crippen LogP contribution in [0.25, 0.3) is 0 Å². The van der Waals surface area contributed by atoms with Gasteiger partial charge < -0.3 is 4.90 Å². The summed E-state index contributed by atoms with van der Waals surface area (Å²) in [5.74, 6) is 1.59. The van der Waals surface area contributed by atoms with E-state index in [1.807, 2.05) is 18.3 Å². The minimum absolute atomic E-state index is 0.333. The van der Waals surface area contributed by atoms with Crippen molar-refractivity contribution in [3.63, 3.8) is 0 Å². The van der Waals surface area contributed by atoms with Gasteiger partial charge in [0, 0.05) is 44.8 Å². The van der Waals surface area contributed by atoms with Crippen LogP contribution in [0.5, 0.6) is 0 Å². The lowest BCUT2D eigenvalue weighted by atomic mass is 10.0. The van der Waals surface area contributed by atoms with E-state index >= 15 is 0 Å². The Morgan fingerprint density at radius 3 is 2.77 bits per heavy atom. The number of rotatable bonds is 5. The van der Waals surface area contributed by atoms with Gasteiger partial charge in [-0.3, -0.25) is 14.7 Å². The van der Waals surface area contributed by atoms with Crippen molar-refractivity contribution in [1.82, 2.24) is 14.8 Å². The molecule has 2 aliphatic rings. The van der Waals surface area contributed by atoms with E-state index in [1.54, 1.807) is 0 Å². The average Bonchev–Trinajstić information content (AvgIpc) is 3.33. The number of hydrogen-bond donors (Lipinski definition) is 0. The van der Waals surface area contributed by atoms with E-state index < -0.39 is 0 Å². The van der Waals surface area contributed by atoms with Gasteiger partial charge in [-0.05, 0) is 36.8 Å². The van der Waals surface area contributed by atoms with Gasteiger partial charge in [0.15, 0.2) is 0 Å². The maximum Gasteiger partial charge on any atom is 0.224 e. The van der Waals surface area contributed by atoms with E-state index in [0.717, 1.165) is 37.8 Å². The topological polar surface area (TPSA) is 36.4 Å². The summed E-state index contributed by atoms with van der Waals surface area (Å²) in [5.41, 5.74) is 1.09. The lowest BCUT2D eigenvalue weighted by Gasteiger charge is -2.34. The molecule has 1 aromatic heterocycles. The van der Waals surface area contributed by atoms with Crippen molar-refractivity contribution < 1.29 is 4.79 Å².